The molecule has 0 aliphatic heterocycles. The molecule has 0 bridgehead atoms. The summed E-state index contributed by atoms with van der Waals surface area (Å²) in [6.45, 7) is 19.8. The molecule has 0 aromatic heterocycles. The van der Waals surface area contributed by atoms with Gasteiger partial charge in [-0.3, -0.25) is 14.4 Å². The molecule has 0 amide bonds. The molecule has 0 heterocycles. The summed E-state index contributed by atoms with van der Waals surface area (Å²) >= 11 is 0. The number of ether oxygens (including phenoxy) is 1. The molecule has 5 saturated carbocycles. The highest BCUT2D eigenvalue weighted by Crippen LogP contribution is 2.77. The van der Waals surface area contributed by atoms with Crippen molar-refractivity contribution in [1.82, 2.24) is 0 Å². The summed E-state index contributed by atoms with van der Waals surface area (Å²) in [5.74, 6) is -1.22. The van der Waals surface area contributed by atoms with Gasteiger partial charge in [-0.1, -0.05) is 46.8 Å². The minimum absolute atomic E-state index is 0.0111. The Bertz CT molecular complexity index is 1980. The Morgan fingerprint density at radius 2 is 1.45 bits per heavy atom. The van der Waals surface area contributed by atoms with Crippen LogP contribution >= 0.6 is 0 Å². The number of ketones is 2. The molecule has 2 aromatic carbocycles. The summed E-state index contributed by atoms with van der Waals surface area (Å²) in [6.07, 6.45) is 6.13. The first-order chi connectivity index (χ1) is 24.7. The molecule has 4 N–H and O–H groups in total. The van der Waals surface area contributed by atoms with Crippen LogP contribution in [0.15, 0.2) is 36.4 Å². The van der Waals surface area contributed by atoms with Crippen molar-refractivity contribution in [2.24, 2.45) is 56.7 Å². The van der Waals surface area contributed by atoms with Gasteiger partial charge < -0.3 is 25.2 Å². The second kappa shape index (κ2) is 11.5. The van der Waals surface area contributed by atoms with Crippen molar-refractivity contribution in [3.8, 4) is 17.2 Å². The molecule has 7 unspecified atom stereocenters. The van der Waals surface area contributed by atoms with E-state index in [0.717, 1.165) is 44.1 Å². The van der Waals surface area contributed by atoms with Gasteiger partial charge in [0.2, 0.25) is 5.78 Å². The lowest BCUT2D eigenvalue weighted by atomic mass is 9.32. The van der Waals surface area contributed by atoms with Crippen molar-refractivity contribution in [3.63, 3.8) is 0 Å². The average molecular weight is 725 g/mol. The normalized spacial score (nSPS) is 40.9. The number of aromatic hydroxyl groups is 2. The molecule has 5 fully saturated rings. The lowest BCUT2D eigenvalue weighted by Crippen LogP contribution is -2.68. The van der Waals surface area contributed by atoms with E-state index in [4.69, 9.17) is 4.74 Å². The van der Waals surface area contributed by atoms with Gasteiger partial charge in [-0.25, -0.2) is 0 Å². The summed E-state index contributed by atoms with van der Waals surface area (Å²) in [7, 11) is 0. The van der Waals surface area contributed by atoms with Gasteiger partial charge in [-0.05, 0) is 147 Å². The number of hydrogen-bond acceptors (Lipinski definition) is 8. The smallest absolute Gasteiger partial charge is 0.317 e. The van der Waals surface area contributed by atoms with Crippen molar-refractivity contribution >= 4 is 17.5 Å². The summed E-state index contributed by atoms with van der Waals surface area (Å²) in [4.78, 5) is 42.0. The van der Waals surface area contributed by atoms with E-state index in [-0.39, 0.29) is 79.1 Å². The number of carbonyl (C=O) groups excluding carboxylic acids is 3. The van der Waals surface area contributed by atoms with E-state index < -0.39 is 34.9 Å². The zero-order valence-corrected chi connectivity index (χ0v) is 32.3. The zero-order chi connectivity index (χ0) is 38.4. The van der Waals surface area contributed by atoms with Gasteiger partial charge in [0.05, 0.1) is 28.7 Å². The number of benzene rings is 2. The van der Waals surface area contributed by atoms with Crippen molar-refractivity contribution in [3.05, 3.63) is 64.2 Å². The van der Waals surface area contributed by atoms with Gasteiger partial charge >= 0.3 is 5.97 Å². The van der Waals surface area contributed by atoms with E-state index >= 15 is 0 Å². The molecule has 6 aliphatic carbocycles. The van der Waals surface area contributed by atoms with Crippen LogP contribution in [-0.2, 0) is 4.79 Å². The molecule has 8 rings (SSSR count). The number of esters is 1. The first-order valence-corrected chi connectivity index (χ1v) is 19.8. The van der Waals surface area contributed by atoms with E-state index in [2.05, 4.69) is 48.1 Å². The summed E-state index contributed by atoms with van der Waals surface area (Å²) in [5, 5.41) is 44.0. The molecule has 0 radical (unpaired) electrons. The minimum Gasteiger partial charge on any atom is -0.507 e. The number of hydrogen-bond donors (Lipinski definition) is 4. The number of aryl methyl sites for hydroxylation is 1. The first kappa shape index (κ1) is 36.5. The molecule has 8 heteroatoms. The van der Waals surface area contributed by atoms with Gasteiger partial charge in [0, 0.05) is 17.2 Å². The average Bonchev–Trinajstić information content (AvgIpc) is 3.47. The molecular weight excluding hydrogens is 668 g/mol. The molecule has 8 nitrogen and oxygen atoms in total. The maximum atomic E-state index is 14.8. The van der Waals surface area contributed by atoms with Crippen molar-refractivity contribution in [2.75, 3.05) is 0 Å². The molecule has 11 atom stereocenters. The lowest BCUT2D eigenvalue weighted by molar-refractivity contribution is -0.263. The predicted octanol–water partition coefficient (Wildman–Crippen LogP) is 8.08. The zero-order valence-electron chi connectivity index (χ0n) is 32.3. The van der Waals surface area contributed by atoms with Gasteiger partial charge in [0.25, 0.3) is 0 Å². The largest absolute Gasteiger partial charge is 0.507 e. The Balaban J connectivity index is 1.13. The Morgan fingerprint density at radius 1 is 0.792 bits per heavy atom. The number of carbonyl (C=O) groups is 3. The van der Waals surface area contributed by atoms with Gasteiger partial charge in [0.1, 0.15) is 17.2 Å². The van der Waals surface area contributed by atoms with Crippen LogP contribution in [0.4, 0.5) is 0 Å². The van der Waals surface area contributed by atoms with Gasteiger partial charge in [-0.2, -0.15) is 0 Å². The van der Waals surface area contributed by atoms with Crippen molar-refractivity contribution < 1.29 is 39.5 Å². The number of rotatable bonds is 3. The first-order valence-electron chi connectivity index (χ1n) is 19.8. The predicted molar refractivity (Wildman–Crippen MR) is 200 cm³/mol. The maximum absolute atomic E-state index is 14.8. The number of aliphatic hydroxyl groups excluding tert-OH is 2. The lowest BCUT2D eigenvalue weighted by Gasteiger charge is -2.73. The van der Waals surface area contributed by atoms with E-state index in [9.17, 15) is 34.8 Å². The monoisotopic (exact) mass is 724 g/mol. The number of allylic oxidation sites excluding steroid dienone is 1. The summed E-state index contributed by atoms with van der Waals surface area (Å²) in [6, 6.07) is 5.60. The van der Waals surface area contributed by atoms with E-state index in [1.807, 2.05) is 0 Å². The minimum atomic E-state index is -0.772. The van der Waals surface area contributed by atoms with Gasteiger partial charge in [-0.15, -0.1) is 0 Å². The van der Waals surface area contributed by atoms with Crippen LogP contribution in [0.5, 0.6) is 17.2 Å². The fraction of sp³-hybridized carbons (Fsp3) is 0.622. The van der Waals surface area contributed by atoms with Crippen LogP contribution in [0.2, 0.25) is 0 Å². The van der Waals surface area contributed by atoms with Crippen LogP contribution < -0.4 is 4.74 Å². The molecular formula is C45H56O8. The standard InChI is InChI=1S/C45H56O8/c1-22(2)25-11-14-45(40(52)53-24-19-27-35(30(47)20-24)38(50)34-26(37(27)49)17-23(3)18-29(34)46)16-15-43(7)28(36(25)45)9-10-33-42(6)21-31(48)39(51)41(4,5)32(42)12-13-44(33,43)8/h17-20,25,28,31-33,36,39,46-48,51H,1,9-16,21H2,2-8H3/t25?,28?,31?,32?,33?,36?,39?,42-,43+,44+,45-/m0/s1. The topological polar surface area (TPSA) is 141 Å². The number of fused-ring (bicyclic) bond motifs is 9. The molecule has 0 saturated heterocycles. The molecule has 0 spiro atoms. The fourth-order valence-electron chi connectivity index (χ4n) is 14.4. The highest BCUT2D eigenvalue weighted by atomic mass is 16.5. The van der Waals surface area contributed by atoms with E-state index in [0.29, 0.717) is 36.7 Å². The number of phenols is 2. The Kier molecular flexibility index (Phi) is 7.93. The highest BCUT2D eigenvalue weighted by molar-refractivity contribution is 6.30. The van der Waals surface area contributed by atoms with Crippen molar-refractivity contribution in [2.45, 2.75) is 118 Å². The summed E-state index contributed by atoms with van der Waals surface area (Å²) < 4.78 is 6.24. The van der Waals surface area contributed by atoms with Crippen LogP contribution in [0, 0.1) is 63.6 Å². The second-order valence-electron chi connectivity index (χ2n) is 19.5. The van der Waals surface area contributed by atoms with Crippen LogP contribution in [0.25, 0.3) is 0 Å². The second-order valence-corrected chi connectivity index (χ2v) is 19.5. The molecule has 6 aliphatic rings. The third kappa shape index (κ3) is 4.63. The fourth-order valence-corrected chi connectivity index (χ4v) is 14.4. The Morgan fingerprint density at radius 3 is 2.13 bits per heavy atom. The SMILES string of the molecule is C=C(C)C1CC[C@]2(C(=O)Oc3cc(O)c4c(c3)C(=O)c3cc(C)cc(O)c3C4=O)CC[C@]3(C)C(CCC4[C@@]5(C)CC(O)C(O)C(C)(C)C5CC[C@]43C)C12. The Labute approximate surface area is 313 Å². The van der Waals surface area contributed by atoms with Crippen LogP contribution in [0.1, 0.15) is 137 Å². The van der Waals surface area contributed by atoms with E-state index in [1.165, 1.54) is 18.2 Å². The van der Waals surface area contributed by atoms with Crippen molar-refractivity contribution in [1.29, 1.82) is 0 Å². The quantitative estimate of drug-likeness (QED) is 0.121. The third-order valence-electron chi connectivity index (χ3n) is 16.9. The van der Waals surface area contributed by atoms with Crippen LogP contribution in [-0.4, -0.2) is 50.2 Å². The Hall–Kier alpha value is -3.49. The van der Waals surface area contributed by atoms with Crippen LogP contribution in [0.3, 0.4) is 0 Å². The number of phenolic OH excluding ortho intramolecular Hbond substituents is 2. The highest BCUT2D eigenvalue weighted by Gasteiger charge is 2.72. The summed E-state index contributed by atoms with van der Waals surface area (Å²) in [5.41, 5.74) is -0.0196. The molecule has 2 aromatic rings. The van der Waals surface area contributed by atoms with E-state index in [1.54, 1.807) is 13.0 Å². The molecule has 284 valence electrons. The third-order valence-corrected chi connectivity index (χ3v) is 16.9. The molecule has 53 heavy (non-hydrogen) atoms. The number of aliphatic hydroxyl groups is 2. The van der Waals surface area contributed by atoms with Gasteiger partial charge in [0.15, 0.2) is 5.78 Å². The maximum Gasteiger partial charge on any atom is 0.317 e.